The summed E-state index contributed by atoms with van der Waals surface area (Å²) >= 11 is 0. The third-order valence-corrected chi connectivity index (χ3v) is 15.2. The lowest BCUT2D eigenvalue weighted by atomic mass is 9.82. The number of hydrogen-bond acceptors (Lipinski definition) is 11. The highest BCUT2D eigenvalue weighted by molar-refractivity contribution is 7.90. The van der Waals surface area contributed by atoms with E-state index in [4.69, 9.17) is 18.9 Å². The van der Waals surface area contributed by atoms with Crippen molar-refractivity contribution in [1.29, 1.82) is 0 Å². The molecule has 0 radical (unpaired) electrons. The van der Waals surface area contributed by atoms with Crippen LogP contribution < -0.4 is 9.47 Å². The summed E-state index contributed by atoms with van der Waals surface area (Å²) in [6, 6.07) is 13.1. The fraction of sp³-hybridized carbons (Fsp3) is 0.600. The molecule has 8 aliphatic rings. The van der Waals surface area contributed by atoms with Crippen molar-refractivity contribution in [1.82, 2.24) is 14.7 Å². The minimum absolute atomic E-state index is 0.00817. The summed E-state index contributed by atoms with van der Waals surface area (Å²) in [5, 5.41) is 0. The zero-order valence-electron chi connectivity index (χ0n) is 35.8. The second kappa shape index (κ2) is 19.8. The third-order valence-electron chi connectivity index (χ3n) is 13.2. The number of halogens is 1. The summed E-state index contributed by atoms with van der Waals surface area (Å²) in [6.45, 7) is 0.539. The number of nitrogens with zero attached hydrogens (tertiary/aromatic N) is 5. The molecule has 63 heavy (non-hydrogen) atoms. The molecule has 2 saturated heterocycles. The number of piperidine rings is 2. The van der Waals surface area contributed by atoms with Crippen molar-refractivity contribution < 1.29 is 49.8 Å². The molecule has 15 nitrogen and oxygen atoms in total. The molecule has 10 rings (SSSR count). The number of sulfonamides is 2. The molecular weight excluding hydrogens is 854 g/mol. The zero-order chi connectivity index (χ0) is 44.1. The van der Waals surface area contributed by atoms with Crippen LogP contribution in [0.15, 0.2) is 69.3 Å². The van der Waals surface area contributed by atoms with Crippen LogP contribution in [0, 0.1) is 0 Å². The molecule has 2 aromatic rings. The Morgan fingerprint density at radius 1 is 0.794 bits per heavy atom. The van der Waals surface area contributed by atoms with Gasteiger partial charge in [-0.2, -0.15) is 8.80 Å². The van der Waals surface area contributed by atoms with E-state index in [-0.39, 0.29) is 80.5 Å². The lowest BCUT2D eigenvalue weighted by Crippen LogP contribution is -2.53. The van der Waals surface area contributed by atoms with E-state index in [0.717, 1.165) is 62.5 Å². The molecule has 2 amide bonds. The molecule has 2 unspecified atom stereocenters. The molecule has 0 spiro atoms. The minimum Gasteiger partial charge on any atom is -0.496 e. The van der Waals surface area contributed by atoms with E-state index in [1.807, 2.05) is 42.5 Å². The molecule has 2 saturated carbocycles. The van der Waals surface area contributed by atoms with Crippen LogP contribution in [0.25, 0.3) is 0 Å². The second-order valence-electron chi connectivity index (χ2n) is 17.6. The fourth-order valence-electron chi connectivity index (χ4n) is 9.88. The van der Waals surface area contributed by atoms with Gasteiger partial charge in [-0.1, -0.05) is 36.4 Å². The van der Waals surface area contributed by atoms with E-state index < -0.39 is 44.1 Å². The first-order chi connectivity index (χ1) is 30.4. The number of carbonyl (C=O) groups excluding carboxylic acids is 2. The average molecular weight is 912 g/mol. The number of carbonyl (C=O) groups is 2. The van der Waals surface area contributed by atoms with Crippen molar-refractivity contribution in [2.45, 2.75) is 113 Å². The maximum atomic E-state index is 14.7. The van der Waals surface area contributed by atoms with Gasteiger partial charge in [-0.15, -0.1) is 0 Å². The average Bonchev–Trinajstić information content (AvgIpc) is 3.31. The normalized spacial score (nSPS) is 29.4. The Morgan fingerprint density at radius 3 is 2.16 bits per heavy atom. The van der Waals surface area contributed by atoms with Crippen LogP contribution >= 0.6 is 0 Å². The zero-order valence-corrected chi connectivity index (χ0v) is 37.4. The van der Waals surface area contributed by atoms with Crippen LogP contribution in [0.2, 0.25) is 0 Å². The summed E-state index contributed by atoms with van der Waals surface area (Å²) in [6.07, 6.45) is 8.11. The minimum atomic E-state index is -4.44. The highest BCUT2D eigenvalue weighted by Gasteiger charge is 2.38. The predicted molar refractivity (Wildman–Crippen MR) is 235 cm³/mol. The Balaban J connectivity index is 1.01. The number of para-hydroxylation sites is 2. The molecule has 0 N–H and O–H groups in total. The van der Waals surface area contributed by atoms with Crippen LogP contribution in [0.3, 0.4) is 0 Å². The number of hydrogen-bond donors (Lipinski definition) is 0. The van der Waals surface area contributed by atoms with Gasteiger partial charge in [0.25, 0.3) is 31.9 Å². The quantitative estimate of drug-likeness (QED) is 0.328. The van der Waals surface area contributed by atoms with E-state index in [1.165, 1.54) is 11.2 Å². The van der Waals surface area contributed by atoms with E-state index >= 15 is 0 Å². The molecule has 342 valence electrons. The predicted octanol–water partition coefficient (Wildman–Crippen LogP) is 5.48. The molecule has 6 aliphatic heterocycles. The first-order valence-corrected chi connectivity index (χ1v) is 25.5. The Labute approximate surface area is 369 Å². The lowest BCUT2D eigenvalue weighted by molar-refractivity contribution is -0.137. The number of fused-ring (bicyclic) bond motifs is 10. The van der Waals surface area contributed by atoms with Crippen LogP contribution in [0.1, 0.15) is 100 Å². The van der Waals surface area contributed by atoms with Crippen molar-refractivity contribution in [2.24, 2.45) is 8.80 Å². The number of allylic oxidation sites excluding steroid dienone is 1. The smallest absolute Gasteiger partial charge is 0.282 e. The van der Waals surface area contributed by atoms with E-state index in [1.54, 1.807) is 16.8 Å². The third kappa shape index (κ3) is 10.9. The largest absolute Gasteiger partial charge is 0.496 e. The first-order valence-electron chi connectivity index (χ1n) is 22.3. The van der Waals surface area contributed by atoms with Crippen LogP contribution in [-0.4, -0.2) is 137 Å². The fourth-order valence-corrected chi connectivity index (χ4v) is 11.6. The number of amides is 2. The van der Waals surface area contributed by atoms with Crippen molar-refractivity contribution >= 4 is 43.3 Å². The Kier molecular flexibility index (Phi) is 14.2. The number of benzene rings is 2. The van der Waals surface area contributed by atoms with Crippen LogP contribution in [0.4, 0.5) is 4.39 Å². The van der Waals surface area contributed by atoms with Gasteiger partial charge in [0.1, 0.15) is 23.5 Å². The number of ether oxygens (including phenoxy) is 4. The highest BCUT2D eigenvalue weighted by Crippen LogP contribution is 2.41. The molecule has 4 fully saturated rings. The first kappa shape index (κ1) is 45.2. The van der Waals surface area contributed by atoms with Crippen molar-refractivity contribution in [2.75, 3.05) is 58.2 Å². The van der Waals surface area contributed by atoms with Gasteiger partial charge in [-0.25, -0.2) is 21.2 Å². The van der Waals surface area contributed by atoms with Crippen molar-refractivity contribution in [3.8, 4) is 11.5 Å². The molecule has 2 atom stereocenters. The van der Waals surface area contributed by atoms with E-state index in [2.05, 4.69) is 14.9 Å². The molecule has 18 heteroatoms. The lowest BCUT2D eigenvalue weighted by Gasteiger charge is -2.37. The summed E-state index contributed by atoms with van der Waals surface area (Å²) in [4.78, 5) is 33.2. The molecule has 2 aliphatic carbocycles. The molecule has 0 aromatic heterocycles. The molecule has 2 aromatic carbocycles. The van der Waals surface area contributed by atoms with Gasteiger partial charge >= 0.3 is 0 Å². The molecule has 6 heterocycles. The van der Waals surface area contributed by atoms with Gasteiger partial charge in [-0.3, -0.25) is 9.59 Å². The van der Waals surface area contributed by atoms with Gasteiger partial charge in [0, 0.05) is 26.2 Å². The van der Waals surface area contributed by atoms with Gasteiger partial charge in [0.05, 0.1) is 42.0 Å². The number of rotatable bonds is 8. The maximum absolute atomic E-state index is 14.7. The Hall–Kier alpha value is -4.39. The summed E-state index contributed by atoms with van der Waals surface area (Å²) < 4.78 is 99.6. The van der Waals surface area contributed by atoms with Crippen LogP contribution in [0.5, 0.6) is 11.5 Å². The monoisotopic (exact) mass is 911 g/mol. The summed E-state index contributed by atoms with van der Waals surface area (Å²) in [7, 11) is -6.83. The Morgan fingerprint density at radius 2 is 1.44 bits per heavy atom. The standard InChI is InChI=1S/C45H58FN5O10S2/c1-49(24-25-62(54,55)47-37-10-6-22-50-39(37)27-58-33-18-14-31(15-19-33)35-8-2-4-12-41(35)60-29-44(50)52)26-43-45(53)51-23-7-11-38(48-63(56,57)30-46)40(51)28-59-34-20-16-32(17-21-34)36-9-3-5-13-42(36)61-43/h2-5,8-9,12-13,28,31-34,39,43H,6-7,10-11,14-27,29-30H2,1H3/b40-28-,47-37+,48-38+. The van der Waals surface area contributed by atoms with Crippen molar-refractivity contribution in [3.63, 3.8) is 0 Å². The molecular formula is C45H58FN5O10S2. The second-order valence-corrected chi connectivity index (χ2v) is 20.9. The maximum Gasteiger partial charge on any atom is 0.282 e. The van der Waals surface area contributed by atoms with Gasteiger partial charge in [0.15, 0.2) is 12.7 Å². The van der Waals surface area contributed by atoms with Gasteiger partial charge in [0.2, 0.25) is 6.01 Å². The van der Waals surface area contributed by atoms with Gasteiger partial charge in [-0.05, 0) is 119 Å². The molecule has 4 bridgehead atoms. The van der Waals surface area contributed by atoms with Crippen molar-refractivity contribution in [3.05, 3.63) is 71.6 Å². The summed E-state index contributed by atoms with van der Waals surface area (Å²) in [5.74, 6) is 0.563. The Bertz CT molecular complexity index is 2310. The SMILES string of the molecule is CN(CCS(=O)(=O)/N=C1\CCCN2C(=O)COc3ccccc3C3CCC(CC3)OCC12)CC1Oc2ccccc2C2CCC(CC2)O/C=C2/C(=N/S(=O)(=O)CF)CCCN2C1=O. The van der Waals surface area contributed by atoms with Crippen LogP contribution in [-0.2, 0) is 39.1 Å². The topological polar surface area (TPSA) is 174 Å². The highest BCUT2D eigenvalue weighted by atomic mass is 32.2. The summed E-state index contributed by atoms with van der Waals surface area (Å²) in [5.41, 5.74) is 2.61. The van der Waals surface area contributed by atoms with E-state index in [0.29, 0.717) is 48.9 Å². The number of likely N-dealkylation sites (N-methyl/N-ethyl adjacent to an activating group) is 1. The van der Waals surface area contributed by atoms with E-state index in [9.17, 15) is 30.8 Å². The number of alkyl halides is 1. The van der Waals surface area contributed by atoms with Gasteiger partial charge < -0.3 is 33.6 Å².